The molecule has 6 heteroatoms. The molecule has 0 bridgehead atoms. The van der Waals surface area contributed by atoms with E-state index in [1.54, 1.807) is 6.07 Å². The fraction of sp³-hybridized carbons (Fsp3) is 0.133. The van der Waals surface area contributed by atoms with Crippen molar-refractivity contribution >= 4 is 33.3 Å². The molecule has 0 saturated carbocycles. The quantitative estimate of drug-likeness (QED) is 0.741. The Kier molecular flexibility index (Phi) is 4.85. The van der Waals surface area contributed by atoms with Crippen molar-refractivity contribution in [1.82, 2.24) is 0 Å². The van der Waals surface area contributed by atoms with E-state index in [1.807, 2.05) is 0 Å². The largest absolute Gasteiger partial charge is 0.495 e. The van der Waals surface area contributed by atoms with E-state index in [1.165, 1.54) is 38.5 Å². The Hall–Kier alpha value is -1.59. The van der Waals surface area contributed by atoms with Crippen LogP contribution in [0.4, 0.5) is 4.39 Å². The second-order valence-corrected chi connectivity index (χ2v) is 5.29. The topological polar surface area (TPSA) is 35.5 Å². The van der Waals surface area contributed by atoms with Crippen LogP contribution in [0.1, 0.15) is 15.9 Å². The molecule has 0 atom stereocenters. The van der Waals surface area contributed by atoms with Gasteiger partial charge in [0.25, 0.3) is 0 Å². The Morgan fingerprint density at radius 1 is 1.14 bits per heavy atom. The highest BCUT2D eigenvalue weighted by Gasteiger charge is 2.22. The standard InChI is InChI=1S/C15H11BrClFO3/c1-20-11-7-6-9(15(21-2)12(11)16)14(19)8-4-3-5-10(17)13(8)18/h3-7H,1-2H3. The summed E-state index contributed by atoms with van der Waals surface area (Å²) in [5.74, 6) is -0.484. The molecule has 0 N–H and O–H groups in total. The smallest absolute Gasteiger partial charge is 0.199 e. The summed E-state index contributed by atoms with van der Waals surface area (Å²) in [5.41, 5.74) is 0.101. The van der Waals surface area contributed by atoms with Gasteiger partial charge < -0.3 is 9.47 Å². The van der Waals surface area contributed by atoms with Gasteiger partial charge in [0.2, 0.25) is 0 Å². The van der Waals surface area contributed by atoms with Crippen LogP contribution in [-0.4, -0.2) is 20.0 Å². The van der Waals surface area contributed by atoms with Crippen LogP contribution < -0.4 is 9.47 Å². The molecule has 0 spiro atoms. The average Bonchev–Trinajstić information content (AvgIpc) is 2.49. The summed E-state index contributed by atoms with van der Waals surface area (Å²) < 4.78 is 24.8. The maximum Gasteiger partial charge on any atom is 0.199 e. The van der Waals surface area contributed by atoms with Gasteiger partial charge in [-0.1, -0.05) is 17.7 Å². The summed E-state index contributed by atoms with van der Waals surface area (Å²) in [6, 6.07) is 7.40. The molecule has 0 heterocycles. The van der Waals surface area contributed by atoms with Gasteiger partial charge in [0.1, 0.15) is 16.0 Å². The number of ether oxygens (including phenoxy) is 2. The number of benzene rings is 2. The van der Waals surface area contributed by atoms with Gasteiger partial charge in [-0.25, -0.2) is 4.39 Å². The number of methoxy groups -OCH3 is 2. The molecule has 0 aliphatic carbocycles. The number of carbonyl (C=O) groups is 1. The molecule has 3 nitrogen and oxygen atoms in total. The molecule has 0 radical (unpaired) electrons. The van der Waals surface area contributed by atoms with Gasteiger partial charge in [0.05, 0.1) is 30.4 Å². The summed E-state index contributed by atoms with van der Waals surface area (Å²) in [6.45, 7) is 0. The average molecular weight is 374 g/mol. The normalized spacial score (nSPS) is 10.3. The molecule has 0 aliphatic heterocycles. The SMILES string of the molecule is COc1ccc(C(=O)c2cccc(Cl)c2F)c(OC)c1Br. The molecule has 0 fully saturated rings. The fourth-order valence-electron chi connectivity index (χ4n) is 1.90. The van der Waals surface area contributed by atoms with Gasteiger partial charge in [-0.05, 0) is 40.2 Å². The molecule has 2 aromatic rings. The summed E-state index contributed by atoms with van der Waals surface area (Å²) in [7, 11) is 2.92. The highest BCUT2D eigenvalue weighted by Crippen LogP contribution is 2.38. The van der Waals surface area contributed by atoms with Crippen LogP contribution >= 0.6 is 27.5 Å². The fourth-order valence-corrected chi connectivity index (χ4v) is 2.74. The monoisotopic (exact) mass is 372 g/mol. The molecule has 0 aromatic heterocycles. The van der Waals surface area contributed by atoms with Gasteiger partial charge in [-0.3, -0.25) is 4.79 Å². The van der Waals surface area contributed by atoms with Crippen LogP contribution in [0.3, 0.4) is 0 Å². The molecule has 21 heavy (non-hydrogen) atoms. The predicted molar refractivity (Wildman–Crippen MR) is 82.1 cm³/mol. The van der Waals surface area contributed by atoms with Crippen LogP contribution in [-0.2, 0) is 0 Å². The third-order valence-electron chi connectivity index (χ3n) is 2.93. The summed E-state index contributed by atoms with van der Waals surface area (Å²) in [6.07, 6.45) is 0. The third-order valence-corrected chi connectivity index (χ3v) is 3.97. The van der Waals surface area contributed by atoms with Crippen molar-refractivity contribution in [3.05, 3.63) is 56.8 Å². The minimum absolute atomic E-state index is 0.104. The van der Waals surface area contributed by atoms with E-state index in [0.717, 1.165) is 0 Å². The molecule has 0 unspecified atom stereocenters. The van der Waals surface area contributed by atoms with Gasteiger partial charge in [0, 0.05) is 0 Å². The van der Waals surface area contributed by atoms with E-state index in [-0.39, 0.29) is 21.9 Å². The molecule has 0 aliphatic rings. The van der Waals surface area contributed by atoms with Crippen molar-refractivity contribution in [3.63, 3.8) is 0 Å². The molecule has 2 rings (SSSR count). The summed E-state index contributed by atoms with van der Waals surface area (Å²) in [5, 5.41) is -0.104. The number of rotatable bonds is 4. The Morgan fingerprint density at radius 3 is 2.48 bits per heavy atom. The Morgan fingerprint density at radius 2 is 1.86 bits per heavy atom. The number of hydrogen-bond donors (Lipinski definition) is 0. The summed E-state index contributed by atoms with van der Waals surface area (Å²) >= 11 is 9.01. The van der Waals surface area contributed by atoms with Gasteiger partial charge in [0.15, 0.2) is 11.6 Å². The van der Waals surface area contributed by atoms with E-state index in [9.17, 15) is 9.18 Å². The maximum absolute atomic E-state index is 14.0. The lowest BCUT2D eigenvalue weighted by molar-refractivity contribution is 0.103. The minimum atomic E-state index is -0.752. The maximum atomic E-state index is 14.0. The first-order valence-electron chi connectivity index (χ1n) is 5.90. The number of hydrogen-bond acceptors (Lipinski definition) is 3. The first-order valence-corrected chi connectivity index (χ1v) is 7.07. The second kappa shape index (κ2) is 6.45. The lowest BCUT2D eigenvalue weighted by Crippen LogP contribution is -2.07. The zero-order valence-electron chi connectivity index (χ0n) is 11.2. The van der Waals surface area contributed by atoms with Crippen LogP contribution in [0.15, 0.2) is 34.8 Å². The number of ketones is 1. The molecule has 110 valence electrons. The minimum Gasteiger partial charge on any atom is -0.495 e. The van der Waals surface area contributed by atoms with Gasteiger partial charge in [-0.15, -0.1) is 0 Å². The van der Waals surface area contributed by atoms with Crippen molar-refractivity contribution in [2.24, 2.45) is 0 Å². The van der Waals surface area contributed by atoms with Crippen LogP contribution in [0, 0.1) is 5.82 Å². The van der Waals surface area contributed by atoms with Gasteiger partial charge >= 0.3 is 0 Å². The lowest BCUT2D eigenvalue weighted by atomic mass is 10.0. The highest BCUT2D eigenvalue weighted by molar-refractivity contribution is 9.10. The van der Waals surface area contributed by atoms with Gasteiger partial charge in [-0.2, -0.15) is 0 Å². The molecule has 2 aromatic carbocycles. The molecule has 0 amide bonds. The first kappa shape index (κ1) is 15.8. The van der Waals surface area contributed by atoms with Crippen LogP contribution in [0.25, 0.3) is 0 Å². The Labute approximate surface area is 134 Å². The van der Waals surface area contributed by atoms with Crippen LogP contribution in [0.5, 0.6) is 11.5 Å². The van der Waals surface area contributed by atoms with E-state index >= 15 is 0 Å². The molecular weight excluding hydrogens is 363 g/mol. The Bertz CT molecular complexity index is 704. The summed E-state index contributed by atoms with van der Waals surface area (Å²) in [4.78, 5) is 12.5. The molecule has 0 saturated heterocycles. The second-order valence-electron chi connectivity index (χ2n) is 4.09. The van der Waals surface area contributed by atoms with E-state index in [2.05, 4.69) is 15.9 Å². The van der Waals surface area contributed by atoms with Crippen molar-refractivity contribution in [2.75, 3.05) is 14.2 Å². The van der Waals surface area contributed by atoms with E-state index < -0.39 is 11.6 Å². The van der Waals surface area contributed by atoms with Crippen molar-refractivity contribution in [2.45, 2.75) is 0 Å². The zero-order chi connectivity index (χ0) is 15.6. The number of halogens is 3. The molecular formula is C15H11BrClFO3. The predicted octanol–water partition coefficient (Wildman–Crippen LogP) is 4.49. The zero-order valence-corrected chi connectivity index (χ0v) is 13.6. The first-order chi connectivity index (χ1) is 10.0. The number of carbonyl (C=O) groups excluding carboxylic acids is 1. The van der Waals surface area contributed by atoms with E-state index in [4.69, 9.17) is 21.1 Å². The van der Waals surface area contributed by atoms with E-state index in [0.29, 0.717) is 10.2 Å². The van der Waals surface area contributed by atoms with Crippen LogP contribution in [0.2, 0.25) is 5.02 Å². The third kappa shape index (κ3) is 2.89. The Balaban J connectivity index is 2.59. The highest BCUT2D eigenvalue weighted by atomic mass is 79.9. The van der Waals surface area contributed by atoms with Crippen molar-refractivity contribution < 1.29 is 18.7 Å². The van der Waals surface area contributed by atoms with Crippen molar-refractivity contribution in [3.8, 4) is 11.5 Å². The lowest BCUT2D eigenvalue weighted by Gasteiger charge is -2.13. The van der Waals surface area contributed by atoms with Crippen molar-refractivity contribution in [1.29, 1.82) is 0 Å².